The normalized spacial score (nSPS) is 16.9. The third-order valence-corrected chi connectivity index (χ3v) is 4.01. The molecular formula is C16H14ClFN2O. The first-order chi connectivity index (χ1) is 9.97. The van der Waals surface area contributed by atoms with E-state index in [1.807, 2.05) is 19.1 Å². The third kappa shape index (κ3) is 2.36. The quantitative estimate of drug-likeness (QED) is 0.817. The van der Waals surface area contributed by atoms with Crippen LogP contribution in [0.3, 0.4) is 0 Å². The molecule has 2 N–H and O–H groups in total. The molecule has 0 bridgehead atoms. The summed E-state index contributed by atoms with van der Waals surface area (Å²) in [5.41, 5.74) is 8.60. The van der Waals surface area contributed by atoms with Crippen molar-refractivity contribution in [2.24, 2.45) is 0 Å². The fourth-order valence-electron chi connectivity index (χ4n) is 2.73. The number of hydrogen-bond acceptors (Lipinski definition) is 2. The molecule has 5 heteroatoms. The van der Waals surface area contributed by atoms with Gasteiger partial charge < -0.3 is 10.6 Å². The highest BCUT2D eigenvalue weighted by Crippen LogP contribution is 2.34. The Morgan fingerprint density at radius 1 is 1.33 bits per heavy atom. The average molecular weight is 305 g/mol. The zero-order valence-electron chi connectivity index (χ0n) is 11.4. The van der Waals surface area contributed by atoms with Gasteiger partial charge in [0.15, 0.2) is 0 Å². The van der Waals surface area contributed by atoms with Gasteiger partial charge in [0.1, 0.15) is 5.82 Å². The number of fused-ring (bicyclic) bond motifs is 1. The highest BCUT2D eigenvalue weighted by molar-refractivity contribution is 6.30. The van der Waals surface area contributed by atoms with Crippen LogP contribution in [0.4, 0.5) is 15.8 Å². The molecule has 0 aromatic heterocycles. The number of carbonyl (C=O) groups is 1. The summed E-state index contributed by atoms with van der Waals surface area (Å²) in [6, 6.07) is 9.59. The lowest BCUT2D eigenvalue weighted by molar-refractivity contribution is 0.0981. The minimum absolute atomic E-state index is 0.00744. The maximum atomic E-state index is 13.6. The van der Waals surface area contributed by atoms with E-state index in [1.165, 1.54) is 18.2 Å². The molecule has 1 amide bonds. The first-order valence-electron chi connectivity index (χ1n) is 6.64. The second-order valence-electron chi connectivity index (χ2n) is 5.25. The summed E-state index contributed by atoms with van der Waals surface area (Å²) in [6.45, 7) is 1.96. The molecule has 1 aliphatic heterocycles. The predicted octanol–water partition coefficient (Wildman–Crippen LogP) is 3.65. The van der Waals surface area contributed by atoms with Crippen LogP contribution in [0, 0.1) is 5.82 Å². The standard InChI is InChI=1S/C16H14ClFN2O/c1-9-6-11-7-12(19)3-5-15(11)20(9)16(21)10-2-4-13(17)14(18)8-10/h2-5,7-9H,6,19H2,1H3. The lowest BCUT2D eigenvalue weighted by atomic mass is 10.1. The van der Waals surface area contributed by atoms with Gasteiger partial charge in [-0.1, -0.05) is 11.6 Å². The van der Waals surface area contributed by atoms with Gasteiger partial charge in [-0.25, -0.2) is 4.39 Å². The second-order valence-corrected chi connectivity index (χ2v) is 5.65. The Labute approximate surface area is 127 Å². The SMILES string of the molecule is CC1Cc2cc(N)ccc2N1C(=O)c1ccc(Cl)c(F)c1. The van der Waals surface area contributed by atoms with E-state index >= 15 is 0 Å². The number of carbonyl (C=O) groups excluding carboxylic acids is 1. The van der Waals surface area contributed by atoms with Crippen molar-refractivity contribution in [3.05, 3.63) is 58.4 Å². The van der Waals surface area contributed by atoms with Crippen LogP contribution in [0.15, 0.2) is 36.4 Å². The molecule has 3 rings (SSSR count). The van der Waals surface area contributed by atoms with E-state index in [2.05, 4.69) is 0 Å². The first kappa shape index (κ1) is 13.9. The molecule has 108 valence electrons. The summed E-state index contributed by atoms with van der Waals surface area (Å²) >= 11 is 5.66. The predicted molar refractivity (Wildman–Crippen MR) is 82.2 cm³/mol. The third-order valence-electron chi connectivity index (χ3n) is 3.70. The van der Waals surface area contributed by atoms with E-state index in [4.69, 9.17) is 17.3 Å². The number of amides is 1. The number of nitrogens with zero attached hydrogens (tertiary/aromatic N) is 1. The van der Waals surface area contributed by atoms with Crippen LogP contribution in [0.5, 0.6) is 0 Å². The van der Waals surface area contributed by atoms with Gasteiger partial charge in [0.05, 0.1) is 5.02 Å². The molecular weight excluding hydrogens is 291 g/mol. The number of nitrogens with two attached hydrogens (primary N) is 1. The number of hydrogen-bond donors (Lipinski definition) is 1. The van der Waals surface area contributed by atoms with Crippen LogP contribution in [-0.2, 0) is 6.42 Å². The number of nitrogen functional groups attached to an aromatic ring is 1. The maximum absolute atomic E-state index is 13.6. The molecule has 2 aromatic rings. The topological polar surface area (TPSA) is 46.3 Å². The highest BCUT2D eigenvalue weighted by atomic mass is 35.5. The zero-order valence-corrected chi connectivity index (χ0v) is 12.2. The van der Waals surface area contributed by atoms with Gasteiger partial charge in [0.25, 0.3) is 5.91 Å². The van der Waals surface area contributed by atoms with Gasteiger partial charge in [-0.15, -0.1) is 0 Å². The first-order valence-corrected chi connectivity index (χ1v) is 7.02. The molecule has 0 fully saturated rings. The van der Waals surface area contributed by atoms with E-state index in [1.54, 1.807) is 11.0 Å². The molecule has 1 aliphatic rings. The summed E-state index contributed by atoms with van der Waals surface area (Å²) in [5.74, 6) is -0.825. The minimum Gasteiger partial charge on any atom is -0.399 e. The minimum atomic E-state index is -0.591. The lowest BCUT2D eigenvalue weighted by Gasteiger charge is -2.23. The summed E-state index contributed by atoms with van der Waals surface area (Å²) in [5, 5.41) is 0.00851. The van der Waals surface area contributed by atoms with Gasteiger partial charge in [0.2, 0.25) is 0 Å². The Hall–Kier alpha value is -2.07. The fraction of sp³-hybridized carbons (Fsp3) is 0.188. The van der Waals surface area contributed by atoms with Gasteiger partial charge in [-0.05, 0) is 55.3 Å². The molecule has 0 saturated heterocycles. The average Bonchev–Trinajstić information content (AvgIpc) is 2.76. The second kappa shape index (κ2) is 5.04. The molecule has 1 heterocycles. The van der Waals surface area contributed by atoms with Crippen molar-refractivity contribution in [3.63, 3.8) is 0 Å². The maximum Gasteiger partial charge on any atom is 0.258 e. The van der Waals surface area contributed by atoms with E-state index in [-0.39, 0.29) is 22.5 Å². The van der Waals surface area contributed by atoms with Gasteiger partial charge in [0, 0.05) is 23.0 Å². The van der Waals surface area contributed by atoms with Crippen molar-refractivity contribution >= 4 is 28.9 Å². The highest BCUT2D eigenvalue weighted by Gasteiger charge is 2.31. The smallest absolute Gasteiger partial charge is 0.258 e. The summed E-state index contributed by atoms with van der Waals surface area (Å²) in [4.78, 5) is 14.3. The number of anilines is 2. The Morgan fingerprint density at radius 2 is 2.10 bits per heavy atom. The van der Waals surface area contributed by atoms with Crippen LogP contribution < -0.4 is 10.6 Å². The van der Waals surface area contributed by atoms with Crippen molar-refractivity contribution in [1.29, 1.82) is 0 Å². The Bertz CT molecular complexity index is 732. The Morgan fingerprint density at radius 3 is 2.81 bits per heavy atom. The zero-order chi connectivity index (χ0) is 15.1. The molecule has 1 unspecified atom stereocenters. The van der Waals surface area contributed by atoms with Crippen LogP contribution in [0.1, 0.15) is 22.8 Å². The Kier molecular flexibility index (Phi) is 3.33. The van der Waals surface area contributed by atoms with Gasteiger partial charge >= 0.3 is 0 Å². The lowest BCUT2D eigenvalue weighted by Crippen LogP contribution is -2.35. The molecule has 0 saturated carbocycles. The molecule has 0 radical (unpaired) electrons. The molecule has 0 spiro atoms. The van der Waals surface area contributed by atoms with E-state index in [9.17, 15) is 9.18 Å². The van der Waals surface area contributed by atoms with E-state index < -0.39 is 5.82 Å². The van der Waals surface area contributed by atoms with Crippen LogP contribution >= 0.6 is 11.6 Å². The van der Waals surface area contributed by atoms with Crippen molar-refractivity contribution in [1.82, 2.24) is 0 Å². The van der Waals surface area contributed by atoms with Crippen molar-refractivity contribution < 1.29 is 9.18 Å². The molecule has 2 aromatic carbocycles. The summed E-state index contributed by atoms with van der Waals surface area (Å²) in [7, 11) is 0. The van der Waals surface area contributed by atoms with Crippen molar-refractivity contribution in [3.8, 4) is 0 Å². The molecule has 0 aliphatic carbocycles. The van der Waals surface area contributed by atoms with Crippen LogP contribution in [-0.4, -0.2) is 11.9 Å². The fourth-order valence-corrected chi connectivity index (χ4v) is 2.85. The number of benzene rings is 2. The van der Waals surface area contributed by atoms with E-state index in [0.717, 1.165) is 17.7 Å². The van der Waals surface area contributed by atoms with Crippen molar-refractivity contribution in [2.75, 3.05) is 10.6 Å². The number of rotatable bonds is 1. The van der Waals surface area contributed by atoms with Crippen LogP contribution in [0.25, 0.3) is 0 Å². The molecule has 3 nitrogen and oxygen atoms in total. The number of halogens is 2. The molecule has 21 heavy (non-hydrogen) atoms. The van der Waals surface area contributed by atoms with Crippen LogP contribution in [0.2, 0.25) is 5.02 Å². The monoisotopic (exact) mass is 304 g/mol. The largest absolute Gasteiger partial charge is 0.399 e. The summed E-state index contributed by atoms with van der Waals surface area (Å²) < 4.78 is 13.6. The van der Waals surface area contributed by atoms with Gasteiger partial charge in [-0.3, -0.25) is 4.79 Å². The van der Waals surface area contributed by atoms with E-state index in [0.29, 0.717) is 5.69 Å². The van der Waals surface area contributed by atoms with Gasteiger partial charge in [-0.2, -0.15) is 0 Å². The summed E-state index contributed by atoms with van der Waals surface area (Å²) in [6.07, 6.45) is 0.738. The van der Waals surface area contributed by atoms with Crippen molar-refractivity contribution in [2.45, 2.75) is 19.4 Å². The molecule has 1 atom stereocenters. The Balaban J connectivity index is 2.00.